The number of allylic oxidation sites excluding steroid dienone is 8. The van der Waals surface area contributed by atoms with Crippen molar-refractivity contribution in [1.29, 1.82) is 0 Å². The van der Waals surface area contributed by atoms with Gasteiger partial charge in [-0.3, -0.25) is 9.78 Å². The third-order valence-corrected chi connectivity index (χ3v) is 5.85. The normalized spacial score (nSPS) is 15.9. The second-order valence-corrected chi connectivity index (χ2v) is 8.22. The predicted molar refractivity (Wildman–Crippen MR) is 142 cm³/mol. The Morgan fingerprint density at radius 2 is 1.91 bits per heavy atom. The molecule has 1 heterocycles. The maximum atomic E-state index is 12.2. The van der Waals surface area contributed by atoms with Gasteiger partial charge in [0.1, 0.15) is 0 Å². The van der Waals surface area contributed by atoms with Crippen LogP contribution in [-0.4, -0.2) is 9.78 Å². The number of fused-ring (bicyclic) bond motifs is 1. The molecule has 0 aliphatic heterocycles. The number of terminal acetylenes is 1. The Hall–Kier alpha value is -3.22. The van der Waals surface area contributed by atoms with Gasteiger partial charge >= 0.3 is 0 Å². The second kappa shape index (κ2) is 12.7. The van der Waals surface area contributed by atoms with E-state index in [1.807, 2.05) is 36.9 Å². The molecule has 33 heavy (non-hydrogen) atoms. The van der Waals surface area contributed by atoms with E-state index in [9.17, 15) is 4.39 Å². The van der Waals surface area contributed by atoms with Crippen LogP contribution in [0.15, 0.2) is 84.2 Å². The van der Waals surface area contributed by atoms with Gasteiger partial charge in [0.25, 0.3) is 0 Å². The number of H-pyrrole nitrogens is 1. The molecule has 0 fully saturated rings. The zero-order valence-corrected chi connectivity index (χ0v) is 20.5. The van der Waals surface area contributed by atoms with E-state index < -0.39 is 0 Å². The third kappa shape index (κ3) is 6.88. The molecular weight excluding hydrogens is 431 g/mol. The van der Waals surface area contributed by atoms with E-state index in [-0.39, 0.29) is 5.83 Å². The highest BCUT2D eigenvalue weighted by molar-refractivity contribution is 6.32. The van der Waals surface area contributed by atoms with E-state index in [4.69, 9.17) is 11.6 Å². The van der Waals surface area contributed by atoms with Crippen molar-refractivity contribution in [2.24, 2.45) is 7.05 Å². The first-order valence-corrected chi connectivity index (χ1v) is 11.4. The lowest BCUT2D eigenvalue weighted by Crippen LogP contribution is -2.07. The Morgan fingerprint density at radius 1 is 1.21 bits per heavy atom. The first-order valence-electron chi connectivity index (χ1n) is 11.0. The van der Waals surface area contributed by atoms with E-state index >= 15 is 0 Å². The van der Waals surface area contributed by atoms with E-state index in [1.165, 1.54) is 29.1 Å². The Bertz CT molecular complexity index is 1180. The summed E-state index contributed by atoms with van der Waals surface area (Å²) in [6, 6.07) is 14.7. The number of nitrogens with one attached hydrogen (secondary N) is 1. The molecule has 2 nitrogen and oxygen atoms in total. The fourth-order valence-electron chi connectivity index (χ4n) is 3.52. The minimum Gasteiger partial charge on any atom is -0.296 e. The van der Waals surface area contributed by atoms with Gasteiger partial charge in [0, 0.05) is 18.0 Å². The molecule has 3 aromatic rings. The summed E-state index contributed by atoms with van der Waals surface area (Å²) in [5.41, 5.74) is 6.80. The maximum Gasteiger partial charge on any atom is 0.0997 e. The number of hydrogen-bond acceptors (Lipinski definition) is 0. The summed E-state index contributed by atoms with van der Waals surface area (Å²) >= 11 is 6.46. The molecule has 0 bridgehead atoms. The van der Waals surface area contributed by atoms with Gasteiger partial charge in [-0.1, -0.05) is 79.2 Å². The van der Waals surface area contributed by atoms with Gasteiger partial charge < -0.3 is 0 Å². The SMILES string of the molecule is C#C.CC/C=C\C(C)=C(/C)F.Cn1[nH]c2cc(Cl)c(C3C=CC(c4ccccc4)=CC3)cc21. The Morgan fingerprint density at radius 3 is 2.45 bits per heavy atom. The lowest BCUT2D eigenvalue weighted by molar-refractivity contribution is 0.631. The van der Waals surface area contributed by atoms with Crippen molar-refractivity contribution >= 4 is 28.2 Å². The number of nitrogens with zero attached hydrogens (tertiary/aromatic N) is 1. The second-order valence-electron chi connectivity index (χ2n) is 7.82. The number of hydrogen-bond donors (Lipinski definition) is 1. The van der Waals surface area contributed by atoms with E-state index in [1.54, 1.807) is 13.0 Å². The fraction of sp³-hybridized carbons (Fsp3) is 0.241. The van der Waals surface area contributed by atoms with E-state index in [0.29, 0.717) is 5.92 Å². The molecule has 2 aromatic carbocycles. The molecule has 1 N–H and O–H groups in total. The number of rotatable bonds is 4. The molecule has 0 saturated heterocycles. The van der Waals surface area contributed by atoms with E-state index in [2.05, 4.69) is 66.5 Å². The topological polar surface area (TPSA) is 20.7 Å². The summed E-state index contributed by atoms with van der Waals surface area (Å²) < 4.78 is 14.3. The highest BCUT2D eigenvalue weighted by atomic mass is 35.5. The van der Waals surface area contributed by atoms with Crippen LogP contribution in [0.2, 0.25) is 5.02 Å². The predicted octanol–water partition coefficient (Wildman–Crippen LogP) is 8.75. The number of benzene rings is 2. The molecule has 1 aliphatic rings. The molecule has 0 amide bonds. The third-order valence-electron chi connectivity index (χ3n) is 5.52. The summed E-state index contributed by atoms with van der Waals surface area (Å²) in [5.74, 6) is 0.249. The van der Waals surface area contributed by atoms with Crippen LogP contribution in [-0.2, 0) is 7.05 Å². The largest absolute Gasteiger partial charge is 0.296 e. The zero-order valence-electron chi connectivity index (χ0n) is 19.8. The average Bonchev–Trinajstić information content (AvgIpc) is 2.84. The lowest BCUT2D eigenvalue weighted by Gasteiger charge is -2.21. The number of aryl methyl sites for hydroxylation is 1. The van der Waals surface area contributed by atoms with Crippen LogP contribution in [0.25, 0.3) is 16.6 Å². The summed E-state index contributed by atoms with van der Waals surface area (Å²) in [5, 5.41) is 4.04. The Kier molecular flexibility index (Phi) is 10.0. The first kappa shape index (κ1) is 26.0. The molecule has 0 saturated carbocycles. The summed E-state index contributed by atoms with van der Waals surface area (Å²) in [6.07, 6.45) is 20.5. The summed E-state index contributed by atoms with van der Waals surface area (Å²) in [6.45, 7) is 5.26. The van der Waals surface area contributed by atoms with Gasteiger partial charge in [0.15, 0.2) is 0 Å². The van der Waals surface area contributed by atoms with Crippen LogP contribution >= 0.6 is 11.6 Å². The Labute approximate surface area is 202 Å². The van der Waals surface area contributed by atoms with Crippen LogP contribution in [0.5, 0.6) is 0 Å². The standard InChI is InChI=1S/C19H17ClN2.C8H13F.C2H2/c1-22-19-11-16(17(20)12-18(19)21-22)15-9-7-14(8-10-15)13-5-3-2-4-6-13;1-4-5-6-7(2)8(3)9;1-2/h2-9,11-12,15,21H,10H2,1H3;5-6H,4H2,1-3H3;1-2H/b;6-5-,8-7+;. The smallest absolute Gasteiger partial charge is 0.0997 e. The van der Waals surface area contributed by atoms with Crippen LogP contribution in [0.3, 0.4) is 0 Å². The van der Waals surface area contributed by atoms with Crippen molar-refractivity contribution in [3.8, 4) is 12.8 Å². The average molecular weight is 463 g/mol. The van der Waals surface area contributed by atoms with Gasteiger partial charge in [0.2, 0.25) is 0 Å². The fourth-order valence-corrected chi connectivity index (χ4v) is 3.83. The highest BCUT2D eigenvalue weighted by Crippen LogP contribution is 2.36. The molecule has 4 rings (SSSR count). The minimum atomic E-state index is -0.0975. The molecule has 0 spiro atoms. The van der Waals surface area contributed by atoms with Crippen molar-refractivity contribution in [3.05, 3.63) is 100 Å². The van der Waals surface area contributed by atoms with Gasteiger partial charge in [-0.05, 0) is 61.1 Å². The van der Waals surface area contributed by atoms with Crippen LogP contribution < -0.4 is 0 Å². The maximum absolute atomic E-state index is 12.2. The molecule has 1 unspecified atom stereocenters. The number of aromatic nitrogens is 2. The van der Waals surface area contributed by atoms with Gasteiger partial charge in [0.05, 0.1) is 16.9 Å². The molecule has 172 valence electrons. The van der Waals surface area contributed by atoms with Crippen molar-refractivity contribution in [2.45, 2.75) is 39.5 Å². The number of aromatic amines is 1. The van der Waals surface area contributed by atoms with Crippen LogP contribution in [0, 0.1) is 12.8 Å². The molecule has 1 aromatic heterocycles. The van der Waals surface area contributed by atoms with E-state index in [0.717, 1.165) is 29.0 Å². The van der Waals surface area contributed by atoms with Crippen molar-refractivity contribution in [1.82, 2.24) is 9.78 Å². The molecule has 4 heteroatoms. The van der Waals surface area contributed by atoms with Crippen LogP contribution in [0.1, 0.15) is 50.7 Å². The quantitative estimate of drug-likeness (QED) is 0.295. The Balaban J connectivity index is 0.000000299. The number of halogens is 2. The van der Waals surface area contributed by atoms with Crippen molar-refractivity contribution in [3.63, 3.8) is 0 Å². The zero-order chi connectivity index (χ0) is 24.4. The van der Waals surface area contributed by atoms with Gasteiger partial charge in [-0.2, -0.15) is 0 Å². The lowest BCUT2D eigenvalue weighted by atomic mass is 9.88. The molecular formula is C29H32ClFN2. The van der Waals surface area contributed by atoms with Gasteiger partial charge in [-0.15, -0.1) is 12.8 Å². The molecule has 1 atom stereocenters. The molecule has 1 aliphatic carbocycles. The van der Waals surface area contributed by atoms with Crippen molar-refractivity contribution < 1.29 is 4.39 Å². The van der Waals surface area contributed by atoms with Crippen LogP contribution in [0.4, 0.5) is 4.39 Å². The monoisotopic (exact) mass is 462 g/mol. The minimum absolute atomic E-state index is 0.0975. The summed E-state index contributed by atoms with van der Waals surface area (Å²) in [4.78, 5) is 0. The van der Waals surface area contributed by atoms with Gasteiger partial charge in [-0.25, -0.2) is 4.39 Å². The first-order chi connectivity index (χ1) is 15.9. The summed E-state index contributed by atoms with van der Waals surface area (Å²) in [7, 11) is 2.02. The molecule has 0 radical (unpaired) electrons. The highest BCUT2D eigenvalue weighted by Gasteiger charge is 2.17. The van der Waals surface area contributed by atoms with Crippen molar-refractivity contribution in [2.75, 3.05) is 0 Å².